The molecule has 1 aliphatic rings. The largest absolute Gasteiger partial charge is 0.337 e. The second-order valence-electron chi connectivity index (χ2n) is 3.99. The molecule has 2 N–H and O–H groups in total. The van der Waals surface area contributed by atoms with Crippen LogP contribution < -0.4 is 5.73 Å². The smallest absolute Gasteiger partial charge is 0.224 e. The number of rotatable bonds is 1. The topological polar surface area (TPSA) is 46.3 Å². The molecule has 1 saturated heterocycles. The SMILES string of the molecule is CN1C(=O)CC(N)C1c1ccc(Cl)c(Cl)c1. The lowest BCUT2D eigenvalue weighted by atomic mass is 10.0. The third kappa shape index (κ3) is 1.90. The molecule has 0 radical (unpaired) electrons. The van der Waals surface area contributed by atoms with Crippen molar-refractivity contribution in [2.75, 3.05) is 7.05 Å². The summed E-state index contributed by atoms with van der Waals surface area (Å²) in [6.07, 6.45) is 0.376. The molecule has 2 unspecified atom stereocenters. The van der Waals surface area contributed by atoms with Crippen LogP contribution in [0.4, 0.5) is 0 Å². The summed E-state index contributed by atoms with van der Waals surface area (Å²) in [4.78, 5) is 13.2. The van der Waals surface area contributed by atoms with Gasteiger partial charge in [-0.05, 0) is 17.7 Å². The van der Waals surface area contributed by atoms with E-state index in [2.05, 4.69) is 0 Å². The van der Waals surface area contributed by atoms with Crippen molar-refractivity contribution >= 4 is 29.1 Å². The predicted octanol–water partition coefficient (Wildman–Crippen LogP) is 2.22. The van der Waals surface area contributed by atoms with Crippen LogP contribution in [0.15, 0.2) is 18.2 Å². The molecule has 86 valence electrons. The Morgan fingerprint density at radius 2 is 2.06 bits per heavy atom. The van der Waals surface area contributed by atoms with E-state index in [0.29, 0.717) is 16.5 Å². The average molecular weight is 259 g/mol. The van der Waals surface area contributed by atoms with Crippen molar-refractivity contribution in [3.8, 4) is 0 Å². The molecule has 1 aromatic rings. The maximum absolute atomic E-state index is 11.5. The maximum Gasteiger partial charge on any atom is 0.224 e. The first-order valence-corrected chi connectivity index (χ1v) is 5.72. The second kappa shape index (κ2) is 4.24. The molecule has 0 aliphatic carbocycles. The van der Waals surface area contributed by atoms with Gasteiger partial charge >= 0.3 is 0 Å². The standard InChI is InChI=1S/C11H12Cl2N2O/c1-15-10(16)5-9(14)11(15)6-2-3-7(12)8(13)4-6/h2-4,9,11H,5,14H2,1H3. The third-order valence-electron chi connectivity index (χ3n) is 2.91. The molecule has 1 amide bonds. The molecule has 0 bridgehead atoms. The fraction of sp³-hybridized carbons (Fsp3) is 0.364. The molecule has 16 heavy (non-hydrogen) atoms. The highest BCUT2D eigenvalue weighted by Gasteiger charge is 2.36. The lowest BCUT2D eigenvalue weighted by Gasteiger charge is -2.23. The van der Waals surface area contributed by atoms with E-state index in [-0.39, 0.29) is 18.0 Å². The zero-order chi connectivity index (χ0) is 11.9. The van der Waals surface area contributed by atoms with E-state index < -0.39 is 0 Å². The molecule has 0 spiro atoms. The number of nitrogens with two attached hydrogens (primary N) is 1. The Kier molecular flexibility index (Phi) is 3.10. The lowest BCUT2D eigenvalue weighted by molar-refractivity contribution is -0.127. The molecule has 1 aliphatic heterocycles. The minimum Gasteiger partial charge on any atom is -0.337 e. The predicted molar refractivity (Wildman–Crippen MR) is 64.6 cm³/mol. The van der Waals surface area contributed by atoms with Gasteiger partial charge in [-0.15, -0.1) is 0 Å². The molecular weight excluding hydrogens is 247 g/mol. The van der Waals surface area contributed by atoms with Crippen molar-refractivity contribution in [2.24, 2.45) is 5.73 Å². The van der Waals surface area contributed by atoms with Crippen LogP contribution in [0, 0.1) is 0 Å². The number of halogens is 2. The molecule has 3 nitrogen and oxygen atoms in total. The Hall–Kier alpha value is -0.770. The van der Waals surface area contributed by atoms with E-state index in [0.717, 1.165) is 5.56 Å². The summed E-state index contributed by atoms with van der Waals surface area (Å²) in [6.45, 7) is 0. The quantitative estimate of drug-likeness (QED) is 0.840. The molecule has 2 rings (SSSR count). The first-order chi connectivity index (χ1) is 7.50. The van der Waals surface area contributed by atoms with Crippen LogP contribution in [0.5, 0.6) is 0 Å². The Morgan fingerprint density at radius 3 is 2.56 bits per heavy atom. The molecular formula is C11H12Cl2N2O. The first-order valence-electron chi connectivity index (χ1n) is 4.97. The molecule has 1 fully saturated rings. The van der Waals surface area contributed by atoms with Crippen LogP contribution in [-0.2, 0) is 4.79 Å². The second-order valence-corrected chi connectivity index (χ2v) is 4.81. The highest BCUT2D eigenvalue weighted by Crippen LogP contribution is 2.33. The van der Waals surface area contributed by atoms with Crippen molar-refractivity contribution in [1.29, 1.82) is 0 Å². The summed E-state index contributed by atoms with van der Waals surface area (Å²) >= 11 is 11.8. The minimum atomic E-state index is -0.185. The van der Waals surface area contributed by atoms with Crippen molar-refractivity contribution in [3.63, 3.8) is 0 Å². The summed E-state index contributed by atoms with van der Waals surface area (Å²) < 4.78 is 0. The van der Waals surface area contributed by atoms with E-state index in [1.54, 1.807) is 24.1 Å². The summed E-state index contributed by atoms with van der Waals surface area (Å²) in [7, 11) is 1.75. The molecule has 1 aromatic carbocycles. The fourth-order valence-corrected chi connectivity index (χ4v) is 2.37. The Morgan fingerprint density at radius 1 is 1.38 bits per heavy atom. The van der Waals surface area contributed by atoms with E-state index in [1.807, 2.05) is 6.07 Å². The van der Waals surface area contributed by atoms with Gasteiger partial charge in [-0.2, -0.15) is 0 Å². The summed E-state index contributed by atoms with van der Waals surface area (Å²) in [6, 6.07) is 5.05. The molecule has 2 atom stereocenters. The van der Waals surface area contributed by atoms with Crippen molar-refractivity contribution in [2.45, 2.75) is 18.5 Å². The minimum absolute atomic E-state index is 0.0589. The number of hydrogen-bond donors (Lipinski definition) is 1. The van der Waals surface area contributed by atoms with Gasteiger partial charge in [-0.3, -0.25) is 4.79 Å². The van der Waals surface area contributed by atoms with Gasteiger partial charge in [-0.1, -0.05) is 29.3 Å². The first kappa shape index (κ1) is 11.7. The molecule has 0 aromatic heterocycles. The molecule has 5 heteroatoms. The third-order valence-corrected chi connectivity index (χ3v) is 3.65. The monoisotopic (exact) mass is 258 g/mol. The van der Waals surface area contributed by atoms with Gasteiger partial charge in [0.25, 0.3) is 0 Å². The Labute approximate surface area is 104 Å². The van der Waals surface area contributed by atoms with Crippen LogP contribution in [0.25, 0.3) is 0 Å². The van der Waals surface area contributed by atoms with Gasteiger partial charge in [0.1, 0.15) is 0 Å². The van der Waals surface area contributed by atoms with Gasteiger partial charge in [-0.25, -0.2) is 0 Å². The summed E-state index contributed by atoms with van der Waals surface area (Å²) in [5.41, 5.74) is 6.87. The number of nitrogens with zero attached hydrogens (tertiary/aromatic N) is 1. The normalized spacial score (nSPS) is 25.2. The van der Waals surface area contributed by atoms with E-state index in [9.17, 15) is 4.79 Å². The van der Waals surface area contributed by atoms with Crippen LogP contribution in [0.1, 0.15) is 18.0 Å². The van der Waals surface area contributed by atoms with Gasteiger partial charge in [0.05, 0.1) is 16.1 Å². The van der Waals surface area contributed by atoms with Crippen LogP contribution >= 0.6 is 23.2 Å². The van der Waals surface area contributed by atoms with Crippen LogP contribution in [0.2, 0.25) is 10.0 Å². The zero-order valence-corrected chi connectivity index (χ0v) is 10.3. The van der Waals surface area contributed by atoms with Gasteiger partial charge in [0, 0.05) is 19.5 Å². The molecule has 0 saturated carbocycles. The number of amides is 1. The van der Waals surface area contributed by atoms with Gasteiger partial charge < -0.3 is 10.6 Å². The fourth-order valence-electron chi connectivity index (χ4n) is 2.07. The van der Waals surface area contributed by atoms with Crippen LogP contribution in [0.3, 0.4) is 0 Å². The molecule has 1 heterocycles. The number of likely N-dealkylation sites (tertiary alicyclic amines) is 1. The highest BCUT2D eigenvalue weighted by molar-refractivity contribution is 6.42. The summed E-state index contributed by atoms with van der Waals surface area (Å²) in [5.74, 6) is 0.0589. The van der Waals surface area contributed by atoms with E-state index in [1.165, 1.54) is 0 Å². The Bertz CT molecular complexity index is 436. The maximum atomic E-state index is 11.5. The highest BCUT2D eigenvalue weighted by atomic mass is 35.5. The van der Waals surface area contributed by atoms with Gasteiger partial charge in [0.2, 0.25) is 5.91 Å². The Balaban J connectivity index is 2.37. The van der Waals surface area contributed by atoms with Crippen molar-refractivity contribution in [1.82, 2.24) is 4.90 Å². The lowest BCUT2D eigenvalue weighted by Crippen LogP contribution is -2.30. The summed E-state index contributed by atoms with van der Waals surface area (Å²) in [5, 5.41) is 0.991. The van der Waals surface area contributed by atoms with E-state index >= 15 is 0 Å². The zero-order valence-electron chi connectivity index (χ0n) is 8.78. The number of likely N-dealkylation sites (N-methyl/N-ethyl adjacent to an activating group) is 1. The van der Waals surface area contributed by atoms with Crippen molar-refractivity contribution < 1.29 is 4.79 Å². The average Bonchev–Trinajstić information content (AvgIpc) is 2.47. The van der Waals surface area contributed by atoms with Gasteiger partial charge in [0.15, 0.2) is 0 Å². The number of carbonyl (C=O) groups is 1. The number of benzene rings is 1. The van der Waals surface area contributed by atoms with Crippen LogP contribution in [-0.4, -0.2) is 23.9 Å². The number of carbonyl (C=O) groups excluding carboxylic acids is 1. The van der Waals surface area contributed by atoms with Crippen molar-refractivity contribution in [3.05, 3.63) is 33.8 Å². The van der Waals surface area contributed by atoms with E-state index in [4.69, 9.17) is 28.9 Å². The number of hydrogen-bond acceptors (Lipinski definition) is 2.